The molecule has 15 heavy (non-hydrogen) atoms. The summed E-state index contributed by atoms with van der Waals surface area (Å²) in [6, 6.07) is 8.85. The van der Waals surface area contributed by atoms with Crippen LogP contribution in [-0.2, 0) is 6.42 Å². The van der Waals surface area contributed by atoms with Crippen molar-refractivity contribution in [3.63, 3.8) is 0 Å². The Balaban J connectivity index is 1.73. The van der Waals surface area contributed by atoms with E-state index in [2.05, 4.69) is 11.4 Å². The SMILES string of the molecule is Clc1cccc(CCNC2CCSC2)c1. The summed E-state index contributed by atoms with van der Waals surface area (Å²) >= 11 is 7.97. The monoisotopic (exact) mass is 241 g/mol. The van der Waals surface area contributed by atoms with Gasteiger partial charge >= 0.3 is 0 Å². The van der Waals surface area contributed by atoms with Crippen molar-refractivity contribution in [1.29, 1.82) is 0 Å². The Hall–Kier alpha value is -0.180. The lowest BCUT2D eigenvalue weighted by Gasteiger charge is -2.10. The van der Waals surface area contributed by atoms with Crippen LogP contribution in [0.3, 0.4) is 0 Å². The molecule has 2 rings (SSSR count). The normalized spacial score (nSPS) is 20.7. The molecule has 1 aromatic rings. The minimum atomic E-state index is 0.731. The predicted octanol–water partition coefficient (Wildman–Crippen LogP) is 2.98. The second-order valence-electron chi connectivity index (χ2n) is 3.89. The quantitative estimate of drug-likeness (QED) is 0.870. The summed E-state index contributed by atoms with van der Waals surface area (Å²) in [6.07, 6.45) is 2.39. The Morgan fingerprint density at radius 3 is 3.13 bits per heavy atom. The molecule has 1 aliphatic heterocycles. The topological polar surface area (TPSA) is 12.0 Å². The molecule has 82 valence electrons. The molecule has 0 spiro atoms. The van der Waals surface area contributed by atoms with Crippen LogP contribution in [0, 0.1) is 0 Å². The lowest BCUT2D eigenvalue weighted by Crippen LogP contribution is -2.30. The molecule has 1 saturated heterocycles. The molecule has 0 amide bonds. The highest BCUT2D eigenvalue weighted by Gasteiger charge is 2.13. The molecule has 1 N–H and O–H groups in total. The van der Waals surface area contributed by atoms with Crippen LogP contribution in [0.4, 0.5) is 0 Å². The summed E-state index contributed by atoms with van der Waals surface area (Å²) in [5, 5.41) is 4.42. The van der Waals surface area contributed by atoms with Gasteiger partial charge in [0.1, 0.15) is 0 Å². The van der Waals surface area contributed by atoms with Crippen LogP contribution in [0.25, 0.3) is 0 Å². The third kappa shape index (κ3) is 3.71. The van der Waals surface area contributed by atoms with Crippen LogP contribution in [-0.4, -0.2) is 24.1 Å². The third-order valence-corrected chi connectivity index (χ3v) is 4.06. The van der Waals surface area contributed by atoms with Crippen LogP contribution in [0.2, 0.25) is 5.02 Å². The van der Waals surface area contributed by atoms with E-state index in [-0.39, 0.29) is 0 Å². The van der Waals surface area contributed by atoms with Crippen molar-refractivity contribution in [2.24, 2.45) is 0 Å². The number of nitrogens with one attached hydrogen (secondary N) is 1. The van der Waals surface area contributed by atoms with Crippen LogP contribution < -0.4 is 5.32 Å². The third-order valence-electron chi connectivity index (χ3n) is 2.67. The first kappa shape index (κ1) is 11.3. The van der Waals surface area contributed by atoms with Crippen molar-refractivity contribution < 1.29 is 0 Å². The smallest absolute Gasteiger partial charge is 0.0408 e. The molecule has 1 atom stereocenters. The largest absolute Gasteiger partial charge is 0.313 e. The maximum atomic E-state index is 5.93. The average molecular weight is 242 g/mol. The fraction of sp³-hybridized carbons (Fsp3) is 0.500. The van der Waals surface area contributed by atoms with Crippen LogP contribution in [0.1, 0.15) is 12.0 Å². The Labute approximate surface area is 101 Å². The van der Waals surface area contributed by atoms with Gasteiger partial charge in [-0.3, -0.25) is 0 Å². The van der Waals surface area contributed by atoms with Crippen molar-refractivity contribution >= 4 is 23.4 Å². The lowest BCUT2D eigenvalue weighted by molar-refractivity contribution is 0.560. The van der Waals surface area contributed by atoms with E-state index in [9.17, 15) is 0 Å². The summed E-state index contributed by atoms with van der Waals surface area (Å²) in [6.45, 7) is 1.06. The zero-order valence-corrected chi connectivity index (χ0v) is 10.3. The van der Waals surface area contributed by atoms with Gasteiger partial charge in [0.05, 0.1) is 0 Å². The summed E-state index contributed by atoms with van der Waals surface area (Å²) in [5.41, 5.74) is 1.32. The molecular weight excluding hydrogens is 226 g/mol. The first-order valence-corrected chi connectivity index (χ1v) is 6.93. The van der Waals surface area contributed by atoms with Gasteiger partial charge in [0.2, 0.25) is 0 Å². The Bertz CT molecular complexity index is 310. The summed E-state index contributed by atoms with van der Waals surface area (Å²) in [7, 11) is 0. The van der Waals surface area contributed by atoms with Crippen molar-refractivity contribution in [2.75, 3.05) is 18.1 Å². The first-order valence-electron chi connectivity index (χ1n) is 5.40. The number of hydrogen-bond donors (Lipinski definition) is 1. The molecule has 3 heteroatoms. The van der Waals surface area contributed by atoms with Gasteiger partial charge in [-0.05, 0) is 42.8 Å². The van der Waals surface area contributed by atoms with Gasteiger partial charge in [0.25, 0.3) is 0 Å². The zero-order chi connectivity index (χ0) is 10.5. The molecule has 0 aliphatic carbocycles. The average Bonchev–Trinajstić information content (AvgIpc) is 2.71. The minimum absolute atomic E-state index is 0.731. The van der Waals surface area contributed by atoms with Gasteiger partial charge in [0, 0.05) is 16.8 Å². The molecule has 1 fully saturated rings. The lowest BCUT2D eigenvalue weighted by atomic mass is 10.1. The molecule has 0 radical (unpaired) electrons. The molecule has 1 nitrogen and oxygen atoms in total. The molecule has 1 aliphatic rings. The Morgan fingerprint density at radius 2 is 2.40 bits per heavy atom. The van der Waals surface area contributed by atoms with Gasteiger partial charge in [-0.15, -0.1) is 0 Å². The predicted molar refractivity (Wildman–Crippen MR) is 68.9 cm³/mol. The second kappa shape index (κ2) is 5.78. The summed E-state index contributed by atoms with van der Waals surface area (Å²) < 4.78 is 0. The molecule has 1 heterocycles. The van der Waals surface area contributed by atoms with E-state index in [4.69, 9.17) is 11.6 Å². The highest BCUT2D eigenvalue weighted by Crippen LogP contribution is 2.17. The van der Waals surface area contributed by atoms with Crippen molar-refractivity contribution in [2.45, 2.75) is 18.9 Å². The molecule has 1 aromatic carbocycles. The van der Waals surface area contributed by atoms with Crippen LogP contribution in [0.15, 0.2) is 24.3 Å². The molecule has 1 unspecified atom stereocenters. The van der Waals surface area contributed by atoms with Gasteiger partial charge in [-0.2, -0.15) is 11.8 Å². The first-order chi connectivity index (χ1) is 7.34. The number of benzene rings is 1. The van der Waals surface area contributed by atoms with Gasteiger partial charge in [-0.25, -0.2) is 0 Å². The van der Waals surface area contributed by atoms with E-state index >= 15 is 0 Å². The van der Waals surface area contributed by atoms with Crippen molar-refractivity contribution in [1.82, 2.24) is 5.32 Å². The number of hydrogen-bond acceptors (Lipinski definition) is 2. The maximum Gasteiger partial charge on any atom is 0.0408 e. The number of halogens is 1. The minimum Gasteiger partial charge on any atom is -0.313 e. The van der Waals surface area contributed by atoms with E-state index in [1.54, 1.807) is 0 Å². The molecule has 0 aromatic heterocycles. The van der Waals surface area contributed by atoms with E-state index in [1.165, 1.54) is 23.5 Å². The standard InChI is InChI=1S/C12H16ClNS/c13-11-3-1-2-10(8-11)4-6-14-12-5-7-15-9-12/h1-3,8,12,14H,4-7,9H2. The summed E-state index contributed by atoms with van der Waals surface area (Å²) in [5.74, 6) is 2.59. The number of thioether (sulfide) groups is 1. The van der Waals surface area contributed by atoms with Crippen LogP contribution in [0.5, 0.6) is 0 Å². The van der Waals surface area contributed by atoms with Gasteiger partial charge < -0.3 is 5.32 Å². The summed E-state index contributed by atoms with van der Waals surface area (Å²) in [4.78, 5) is 0. The second-order valence-corrected chi connectivity index (χ2v) is 5.48. The van der Waals surface area contributed by atoms with E-state index in [1.807, 2.05) is 30.0 Å². The highest BCUT2D eigenvalue weighted by atomic mass is 35.5. The fourth-order valence-electron chi connectivity index (χ4n) is 1.81. The number of rotatable bonds is 4. The fourth-order valence-corrected chi connectivity index (χ4v) is 3.21. The van der Waals surface area contributed by atoms with Gasteiger partial charge in [-0.1, -0.05) is 23.7 Å². The van der Waals surface area contributed by atoms with Crippen molar-refractivity contribution in [3.8, 4) is 0 Å². The van der Waals surface area contributed by atoms with E-state index in [0.717, 1.165) is 24.0 Å². The zero-order valence-electron chi connectivity index (χ0n) is 8.71. The van der Waals surface area contributed by atoms with Crippen LogP contribution >= 0.6 is 23.4 Å². The van der Waals surface area contributed by atoms with Gasteiger partial charge in [0.15, 0.2) is 0 Å². The van der Waals surface area contributed by atoms with E-state index in [0.29, 0.717) is 0 Å². The highest BCUT2D eigenvalue weighted by molar-refractivity contribution is 7.99. The molecular formula is C12H16ClNS. The Morgan fingerprint density at radius 1 is 1.47 bits per heavy atom. The van der Waals surface area contributed by atoms with E-state index < -0.39 is 0 Å². The maximum absolute atomic E-state index is 5.93. The van der Waals surface area contributed by atoms with Crippen molar-refractivity contribution in [3.05, 3.63) is 34.9 Å². The molecule has 0 saturated carbocycles. The molecule has 0 bridgehead atoms. The Kier molecular flexibility index (Phi) is 4.36.